The van der Waals surface area contributed by atoms with Crippen molar-refractivity contribution in [2.75, 3.05) is 26.9 Å². The number of unbranched alkanes of at least 4 members (excludes halogenated alkanes) is 1. The first-order chi connectivity index (χ1) is 18.2. The van der Waals surface area contributed by atoms with E-state index in [9.17, 15) is 8.42 Å². The lowest BCUT2D eigenvalue weighted by Gasteiger charge is -2.33. The number of rotatable bonds is 11. The van der Waals surface area contributed by atoms with Crippen molar-refractivity contribution in [1.82, 2.24) is 0 Å². The smallest absolute Gasteiger partial charge is 0.296 e. The summed E-state index contributed by atoms with van der Waals surface area (Å²) >= 11 is 7.34. The van der Waals surface area contributed by atoms with Crippen LogP contribution < -0.4 is 0 Å². The number of methoxy groups -OCH3 is 1. The van der Waals surface area contributed by atoms with E-state index in [4.69, 9.17) is 9.29 Å². The van der Waals surface area contributed by atoms with Crippen LogP contribution in [0, 0.1) is 6.92 Å². The van der Waals surface area contributed by atoms with Gasteiger partial charge in [0.2, 0.25) is 0 Å². The molecule has 1 aliphatic carbocycles. The fourth-order valence-electron chi connectivity index (χ4n) is 4.99. The van der Waals surface area contributed by atoms with Gasteiger partial charge in [-0.3, -0.25) is 4.18 Å². The maximum absolute atomic E-state index is 12.6. The van der Waals surface area contributed by atoms with Crippen LogP contribution in [0.15, 0.2) is 74.5 Å². The molecule has 0 aliphatic heterocycles. The topological polar surface area (TPSA) is 72.8 Å². The van der Waals surface area contributed by atoms with E-state index in [0.717, 1.165) is 40.2 Å². The second-order valence-electron chi connectivity index (χ2n) is 9.47. The minimum absolute atomic E-state index is 0.122. The van der Waals surface area contributed by atoms with E-state index in [0.29, 0.717) is 13.0 Å². The van der Waals surface area contributed by atoms with Gasteiger partial charge in [0.05, 0.1) is 24.7 Å². The molecule has 1 aliphatic rings. The van der Waals surface area contributed by atoms with Crippen molar-refractivity contribution in [3.8, 4) is 11.1 Å². The summed E-state index contributed by atoms with van der Waals surface area (Å²) in [5.41, 5.74) is 6.03. The highest BCUT2D eigenvalue weighted by molar-refractivity contribution is 9.10. The Morgan fingerprint density at radius 3 is 1.87 bits per heavy atom. The van der Waals surface area contributed by atoms with Crippen molar-refractivity contribution in [2.24, 2.45) is 0 Å². The van der Waals surface area contributed by atoms with Crippen molar-refractivity contribution < 1.29 is 22.4 Å². The van der Waals surface area contributed by atoms with E-state index in [-0.39, 0.29) is 23.5 Å². The highest BCUT2D eigenvalue weighted by atomic mass is 79.9. The number of aliphatic hydroxyl groups is 1. The van der Waals surface area contributed by atoms with E-state index < -0.39 is 10.1 Å². The SMILES string of the molecule is CCCCC1(CCCOS(=O)(=O)c2ccc(C)cc2)c2cc(Br)ccc2-c2ccc(Br)cc21.COCCO. The Hall–Kier alpha value is -1.55. The van der Waals surface area contributed by atoms with Crippen molar-refractivity contribution in [3.63, 3.8) is 0 Å². The normalized spacial score (nSPS) is 13.4. The second kappa shape index (κ2) is 14.2. The molecule has 1 N–H and O–H groups in total. The van der Waals surface area contributed by atoms with Crippen LogP contribution in [0.5, 0.6) is 0 Å². The number of aryl methyl sites for hydroxylation is 1. The van der Waals surface area contributed by atoms with Gasteiger partial charge in [0, 0.05) is 21.5 Å². The Morgan fingerprint density at radius 1 is 0.842 bits per heavy atom. The summed E-state index contributed by atoms with van der Waals surface area (Å²) in [7, 11) is -2.21. The van der Waals surface area contributed by atoms with Crippen LogP contribution in [0.2, 0.25) is 0 Å². The molecule has 0 spiro atoms. The average Bonchev–Trinajstić information content (AvgIpc) is 3.15. The van der Waals surface area contributed by atoms with Gasteiger partial charge < -0.3 is 9.84 Å². The van der Waals surface area contributed by atoms with Crippen LogP contribution >= 0.6 is 31.9 Å². The summed E-state index contributed by atoms with van der Waals surface area (Å²) in [6.07, 6.45) is 4.68. The molecule has 0 saturated heterocycles. The van der Waals surface area contributed by atoms with Gasteiger partial charge in [0.25, 0.3) is 10.1 Å². The predicted molar refractivity (Wildman–Crippen MR) is 160 cm³/mol. The number of benzene rings is 3. The van der Waals surface area contributed by atoms with Crippen LogP contribution in [0.4, 0.5) is 0 Å². The highest BCUT2D eigenvalue weighted by Gasteiger charge is 2.42. The van der Waals surface area contributed by atoms with Gasteiger partial charge in [0.1, 0.15) is 0 Å². The first-order valence-corrected chi connectivity index (χ1v) is 15.8. The molecule has 3 aromatic rings. The summed E-state index contributed by atoms with van der Waals surface area (Å²) in [6, 6.07) is 19.8. The first-order valence-electron chi connectivity index (χ1n) is 12.8. The molecular formula is C30H36Br2O5S. The minimum atomic E-state index is -3.76. The summed E-state index contributed by atoms with van der Waals surface area (Å²) in [4.78, 5) is 0.207. The minimum Gasteiger partial charge on any atom is -0.394 e. The monoisotopic (exact) mass is 666 g/mol. The van der Waals surface area contributed by atoms with Crippen molar-refractivity contribution >= 4 is 42.0 Å². The Balaban J connectivity index is 0.000000732. The van der Waals surface area contributed by atoms with Gasteiger partial charge in [-0.05, 0) is 84.8 Å². The Bertz CT molecular complexity index is 1250. The molecule has 0 bridgehead atoms. The second-order valence-corrected chi connectivity index (χ2v) is 12.9. The Labute approximate surface area is 244 Å². The summed E-state index contributed by atoms with van der Waals surface area (Å²) in [6.45, 7) is 4.87. The fourth-order valence-corrected chi connectivity index (χ4v) is 6.65. The average molecular weight is 668 g/mol. The van der Waals surface area contributed by atoms with E-state index in [1.807, 2.05) is 6.92 Å². The molecule has 0 radical (unpaired) electrons. The summed E-state index contributed by atoms with van der Waals surface area (Å²) in [5, 5.41) is 7.94. The van der Waals surface area contributed by atoms with Gasteiger partial charge in [-0.1, -0.05) is 81.5 Å². The quantitative estimate of drug-likeness (QED) is 0.167. The third kappa shape index (κ3) is 7.34. The highest BCUT2D eigenvalue weighted by Crippen LogP contribution is 2.55. The van der Waals surface area contributed by atoms with E-state index in [1.165, 1.54) is 22.3 Å². The molecule has 206 valence electrons. The number of halogens is 2. The third-order valence-corrected chi connectivity index (χ3v) is 9.15. The van der Waals surface area contributed by atoms with Gasteiger partial charge >= 0.3 is 0 Å². The van der Waals surface area contributed by atoms with Crippen molar-refractivity contribution in [3.05, 3.63) is 86.3 Å². The molecule has 4 rings (SSSR count). The molecule has 5 nitrogen and oxygen atoms in total. The molecular weight excluding hydrogens is 632 g/mol. The Kier molecular flexibility index (Phi) is 11.6. The lowest BCUT2D eigenvalue weighted by atomic mass is 9.71. The molecule has 0 heterocycles. The fraction of sp³-hybridized carbons (Fsp3) is 0.400. The zero-order valence-corrected chi connectivity index (χ0v) is 26.2. The zero-order chi connectivity index (χ0) is 27.8. The number of ether oxygens (including phenoxy) is 1. The van der Waals surface area contributed by atoms with Crippen LogP contribution in [0.25, 0.3) is 11.1 Å². The van der Waals surface area contributed by atoms with E-state index >= 15 is 0 Å². The van der Waals surface area contributed by atoms with Gasteiger partial charge in [0.15, 0.2) is 0 Å². The zero-order valence-electron chi connectivity index (χ0n) is 22.2. The van der Waals surface area contributed by atoms with E-state index in [2.05, 4.69) is 79.9 Å². The predicted octanol–water partition coefficient (Wildman–Crippen LogP) is 7.79. The number of hydrogen-bond donors (Lipinski definition) is 1. The molecule has 8 heteroatoms. The standard InChI is InChI=1S/C27H28Br2O3S.C3H8O2/c1-3-4-14-27(15-5-16-32-33(30,31)22-10-6-19(2)7-11-22)25-17-20(28)8-12-23(25)24-13-9-21(29)18-26(24)27;1-5-3-2-4/h6-13,17-18H,3-5,14-16H2,1-2H3;4H,2-3H2,1H3. The molecule has 0 fully saturated rings. The molecule has 3 aromatic carbocycles. The number of aliphatic hydroxyl groups excluding tert-OH is 1. The lowest BCUT2D eigenvalue weighted by molar-refractivity contribution is 0.135. The molecule has 0 aromatic heterocycles. The van der Waals surface area contributed by atoms with Crippen LogP contribution in [-0.4, -0.2) is 40.5 Å². The third-order valence-electron chi connectivity index (χ3n) is 6.83. The number of hydrogen-bond acceptors (Lipinski definition) is 5. The maximum atomic E-state index is 12.6. The van der Waals surface area contributed by atoms with Gasteiger partial charge in [-0.25, -0.2) is 0 Å². The van der Waals surface area contributed by atoms with Crippen LogP contribution in [-0.2, 0) is 24.5 Å². The van der Waals surface area contributed by atoms with E-state index in [1.54, 1.807) is 31.4 Å². The van der Waals surface area contributed by atoms with Crippen LogP contribution in [0.1, 0.15) is 55.7 Å². The van der Waals surface area contributed by atoms with Gasteiger partial charge in [-0.2, -0.15) is 8.42 Å². The van der Waals surface area contributed by atoms with Crippen LogP contribution in [0.3, 0.4) is 0 Å². The van der Waals surface area contributed by atoms with Gasteiger partial charge in [-0.15, -0.1) is 0 Å². The molecule has 0 atom stereocenters. The number of fused-ring (bicyclic) bond motifs is 3. The van der Waals surface area contributed by atoms with Crippen molar-refractivity contribution in [2.45, 2.75) is 56.3 Å². The maximum Gasteiger partial charge on any atom is 0.296 e. The molecule has 0 saturated carbocycles. The summed E-state index contributed by atoms with van der Waals surface area (Å²) < 4.78 is 37.3. The Morgan fingerprint density at radius 2 is 1.39 bits per heavy atom. The lowest BCUT2D eigenvalue weighted by Crippen LogP contribution is -2.26. The largest absolute Gasteiger partial charge is 0.394 e. The first kappa shape index (κ1) is 31.0. The summed E-state index contributed by atoms with van der Waals surface area (Å²) in [5.74, 6) is 0. The van der Waals surface area contributed by atoms with Crippen molar-refractivity contribution in [1.29, 1.82) is 0 Å². The molecule has 0 unspecified atom stereocenters. The molecule has 0 amide bonds. The molecule has 38 heavy (non-hydrogen) atoms.